The zero-order valence-corrected chi connectivity index (χ0v) is 14.3. The van der Waals surface area contributed by atoms with Crippen LogP contribution in [0.5, 0.6) is 0 Å². The minimum Gasteiger partial charge on any atom is -0.342 e. The van der Waals surface area contributed by atoms with Crippen LogP contribution >= 0.6 is 11.8 Å². The van der Waals surface area contributed by atoms with Gasteiger partial charge in [0, 0.05) is 24.4 Å². The Labute approximate surface area is 139 Å². The van der Waals surface area contributed by atoms with Gasteiger partial charge >= 0.3 is 0 Å². The van der Waals surface area contributed by atoms with Gasteiger partial charge in [-0.1, -0.05) is 12.1 Å². The number of fused-ring (bicyclic) bond motifs is 1. The van der Waals surface area contributed by atoms with Crippen molar-refractivity contribution in [3.63, 3.8) is 0 Å². The standard InChI is InChI=1S/C15H18N2O4S2/c1-17(10-6-7-23(20,21)9-10)14(18)8-13-15(19)16-11-4-2-3-5-12(11)22-13/h2-5,10,13H,6-9H2,1H3,(H,16,19)/t10-,13-/m0/s1. The molecule has 2 atom stereocenters. The van der Waals surface area contributed by atoms with E-state index in [0.717, 1.165) is 10.6 Å². The van der Waals surface area contributed by atoms with E-state index in [2.05, 4.69) is 5.32 Å². The Kier molecular flexibility index (Phi) is 4.37. The molecule has 0 spiro atoms. The highest BCUT2D eigenvalue weighted by Crippen LogP contribution is 2.36. The molecule has 1 saturated heterocycles. The van der Waals surface area contributed by atoms with E-state index in [1.54, 1.807) is 7.05 Å². The molecule has 0 saturated carbocycles. The third kappa shape index (κ3) is 3.53. The van der Waals surface area contributed by atoms with Crippen molar-refractivity contribution in [3.8, 4) is 0 Å². The van der Waals surface area contributed by atoms with E-state index >= 15 is 0 Å². The fourth-order valence-corrected chi connectivity index (χ4v) is 5.69. The van der Waals surface area contributed by atoms with Crippen LogP contribution in [0.3, 0.4) is 0 Å². The van der Waals surface area contributed by atoms with Crippen molar-refractivity contribution in [1.82, 2.24) is 4.90 Å². The molecular formula is C15H18N2O4S2. The first-order valence-corrected chi connectivity index (χ1v) is 10.1. The molecule has 0 radical (unpaired) electrons. The maximum atomic E-state index is 12.4. The monoisotopic (exact) mass is 354 g/mol. The highest BCUT2D eigenvalue weighted by atomic mass is 32.2. The summed E-state index contributed by atoms with van der Waals surface area (Å²) < 4.78 is 23.1. The van der Waals surface area contributed by atoms with Crippen LogP contribution in [0.25, 0.3) is 0 Å². The van der Waals surface area contributed by atoms with Crippen molar-refractivity contribution >= 4 is 39.1 Å². The summed E-state index contributed by atoms with van der Waals surface area (Å²) in [6.07, 6.45) is 0.537. The third-order valence-corrected chi connectivity index (χ3v) is 7.24. The minimum absolute atomic E-state index is 0.0160. The Balaban J connectivity index is 1.65. The number of anilines is 1. The van der Waals surface area contributed by atoms with Crippen LogP contribution in [0.2, 0.25) is 0 Å². The van der Waals surface area contributed by atoms with Crippen LogP contribution in [0.1, 0.15) is 12.8 Å². The number of carbonyl (C=O) groups excluding carboxylic acids is 2. The summed E-state index contributed by atoms with van der Waals surface area (Å²) in [5, 5.41) is 2.32. The van der Waals surface area contributed by atoms with Gasteiger partial charge in [0.1, 0.15) is 0 Å². The van der Waals surface area contributed by atoms with Crippen LogP contribution in [0.15, 0.2) is 29.2 Å². The molecule has 0 unspecified atom stereocenters. The van der Waals surface area contributed by atoms with Gasteiger partial charge in [-0.15, -0.1) is 11.8 Å². The summed E-state index contributed by atoms with van der Waals surface area (Å²) in [5.74, 6) is -0.239. The molecule has 0 bridgehead atoms. The molecule has 2 amide bonds. The SMILES string of the molecule is CN(C(=O)C[C@@H]1Sc2ccccc2NC1=O)[C@H]1CCS(=O)(=O)C1. The van der Waals surface area contributed by atoms with Crippen LogP contribution in [-0.2, 0) is 19.4 Å². The molecule has 1 aromatic carbocycles. The molecule has 0 aliphatic carbocycles. The molecule has 0 aromatic heterocycles. The number of hydrogen-bond donors (Lipinski definition) is 1. The molecule has 3 rings (SSSR count). The van der Waals surface area contributed by atoms with Crippen molar-refractivity contribution in [1.29, 1.82) is 0 Å². The molecule has 124 valence electrons. The number of sulfone groups is 1. The second-order valence-corrected chi connectivity index (χ2v) is 9.33. The van der Waals surface area contributed by atoms with E-state index in [1.165, 1.54) is 16.7 Å². The summed E-state index contributed by atoms with van der Waals surface area (Å²) in [7, 11) is -1.42. The second kappa shape index (κ2) is 6.16. The van der Waals surface area contributed by atoms with E-state index < -0.39 is 15.1 Å². The van der Waals surface area contributed by atoms with Gasteiger partial charge in [0.2, 0.25) is 11.8 Å². The van der Waals surface area contributed by atoms with Crippen molar-refractivity contribution in [3.05, 3.63) is 24.3 Å². The summed E-state index contributed by atoms with van der Waals surface area (Å²) in [6, 6.07) is 7.19. The average molecular weight is 354 g/mol. The largest absolute Gasteiger partial charge is 0.342 e. The number of benzene rings is 1. The van der Waals surface area contributed by atoms with E-state index in [9.17, 15) is 18.0 Å². The number of para-hydroxylation sites is 1. The molecule has 23 heavy (non-hydrogen) atoms. The van der Waals surface area contributed by atoms with Crippen LogP contribution in [-0.4, -0.2) is 55.0 Å². The molecule has 8 heteroatoms. The average Bonchev–Trinajstić information content (AvgIpc) is 2.87. The first kappa shape index (κ1) is 16.3. The smallest absolute Gasteiger partial charge is 0.238 e. The Hall–Kier alpha value is -1.54. The summed E-state index contributed by atoms with van der Waals surface area (Å²) in [4.78, 5) is 27.0. The number of hydrogen-bond acceptors (Lipinski definition) is 5. The summed E-state index contributed by atoms with van der Waals surface area (Å²) in [6.45, 7) is 0. The van der Waals surface area contributed by atoms with E-state index in [0.29, 0.717) is 6.42 Å². The number of amides is 2. The fourth-order valence-electron chi connectivity index (χ4n) is 2.81. The Morgan fingerprint density at radius 1 is 1.39 bits per heavy atom. The van der Waals surface area contributed by atoms with Crippen molar-refractivity contribution in [2.75, 3.05) is 23.9 Å². The second-order valence-electron chi connectivity index (χ2n) is 5.86. The zero-order chi connectivity index (χ0) is 16.6. The van der Waals surface area contributed by atoms with Gasteiger partial charge in [-0.05, 0) is 18.6 Å². The van der Waals surface area contributed by atoms with Gasteiger partial charge in [-0.2, -0.15) is 0 Å². The number of nitrogens with one attached hydrogen (secondary N) is 1. The van der Waals surface area contributed by atoms with Gasteiger partial charge in [0.15, 0.2) is 9.84 Å². The first-order chi connectivity index (χ1) is 10.9. The van der Waals surface area contributed by atoms with Crippen molar-refractivity contribution < 1.29 is 18.0 Å². The van der Waals surface area contributed by atoms with E-state index in [-0.39, 0.29) is 35.8 Å². The summed E-state index contributed by atoms with van der Waals surface area (Å²) >= 11 is 1.38. The quantitative estimate of drug-likeness (QED) is 0.880. The predicted octanol–water partition coefficient (Wildman–Crippen LogP) is 1.14. The van der Waals surface area contributed by atoms with Crippen molar-refractivity contribution in [2.24, 2.45) is 0 Å². The van der Waals surface area contributed by atoms with E-state index in [4.69, 9.17) is 0 Å². The lowest BCUT2D eigenvalue weighted by molar-refractivity contribution is -0.132. The van der Waals surface area contributed by atoms with Crippen molar-refractivity contribution in [2.45, 2.75) is 29.0 Å². The Morgan fingerprint density at radius 3 is 2.83 bits per heavy atom. The highest BCUT2D eigenvalue weighted by Gasteiger charge is 2.35. The van der Waals surface area contributed by atoms with E-state index in [1.807, 2.05) is 24.3 Å². The lowest BCUT2D eigenvalue weighted by atomic mass is 10.2. The molecule has 2 aliphatic rings. The zero-order valence-electron chi connectivity index (χ0n) is 12.7. The number of carbonyl (C=O) groups is 2. The minimum atomic E-state index is -3.04. The predicted molar refractivity (Wildman–Crippen MR) is 89.2 cm³/mol. The Morgan fingerprint density at radius 2 is 2.13 bits per heavy atom. The van der Waals surface area contributed by atoms with Gasteiger partial charge < -0.3 is 10.2 Å². The number of thioether (sulfide) groups is 1. The lowest BCUT2D eigenvalue weighted by Crippen LogP contribution is -2.41. The molecule has 1 N–H and O–H groups in total. The highest BCUT2D eigenvalue weighted by molar-refractivity contribution is 8.01. The number of rotatable bonds is 3. The molecule has 1 fully saturated rings. The molecule has 2 aliphatic heterocycles. The molecule has 1 aromatic rings. The molecule has 2 heterocycles. The summed E-state index contributed by atoms with van der Waals surface area (Å²) in [5.41, 5.74) is 0.765. The maximum Gasteiger partial charge on any atom is 0.238 e. The van der Waals surface area contributed by atoms with Crippen LogP contribution in [0, 0.1) is 0 Å². The van der Waals surface area contributed by atoms with Gasteiger partial charge in [0.05, 0.1) is 22.4 Å². The normalized spacial score (nSPS) is 25.5. The maximum absolute atomic E-state index is 12.4. The van der Waals surface area contributed by atoms with Crippen LogP contribution in [0.4, 0.5) is 5.69 Å². The number of nitrogens with zero attached hydrogens (tertiary/aromatic N) is 1. The Bertz CT molecular complexity index is 748. The molecule has 6 nitrogen and oxygen atoms in total. The van der Waals surface area contributed by atoms with Gasteiger partial charge in [-0.3, -0.25) is 9.59 Å². The topological polar surface area (TPSA) is 83.6 Å². The van der Waals surface area contributed by atoms with Gasteiger partial charge in [0.25, 0.3) is 0 Å². The third-order valence-electron chi connectivity index (χ3n) is 4.22. The fraction of sp³-hybridized carbons (Fsp3) is 0.467. The molecular weight excluding hydrogens is 336 g/mol. The van der Waals surface area contributed by atoms with Crippen LogP contribution < -0.4 is 5.32 Å². The first-order valence-electron chi connectivity index (χ1n) is 7.38. The lowest BCUT2D eigenvalue weighted by Gasteiger charge is -2.27. The van der Waals surface area contributed by atoms with Gasteiger partial charge in [-0.25, -0.2) is 8.42 Å².